The van der Waals surface area contributed by atoms with Gasteiger partial charge in [-0.15, -0.1) is 0 Å². The van der Waals surface area contributed by atoms with Crippen LogP contribution in [-0.4, -0.2) is 56.2 Å². The van der Waals surface area contributed by atoms with Crippen LogP contribution in [-0.2, 0) is 6.42 Å². The van der Waals surface area contributed by atoms with E-state index in [9.17, 15) is 0 Å². The molecule has 0 saturated carbocycles. The van der Waals surface area contributed by atoms with Gasteiger partial charge >= 0.3 is 0 Å². The van der Waals surface area contributed by atoms with Gasteiger partial charge in [-0.25, -0.2) is 0 Å². The van der Waals surface area contributed by atoms with Crippen LogP contribution in [0, 0.1) is 0 Å². The highest BCUT2D eigenvalue weighted by Crippen LogP contribution is 2.36. The molecule has 2 unspecified atom stereocenters. The molecule has 2 N–H and O–H groups in total. The van der Waals surface area contributed by atoms with Crippen LogP contribution in [0.3, 0.4) is 0 Å². The van der Waals surface area contributed by atoms with Crippen LogP contribution in [0.25, 0.3) is 0 Å². The third-order valence-electron chi connectivity index (χ3n) is 5.25. The van der Waals surface area contributed by atoms with Crippen molar-refractivity contribution >= 4 is 0 Å². The molecule has 3 rings (SSSR count). The van der Waals surface area contributed by atoms with Crippen molar-refractivity contribution in [3.63, 3.8) is 0 Å². The lowest BCUT2D eigenvalue weighted by molar-refractivity contribution is 0.101. The lowest BCUT2D eigenvalue weighted by Gasteiger charge is -2.39. The van der Waals surface area contributed by atoms with Gasteiger partial charge in [-0.05, 0) is 56.6 Å². The maximum atomic E-state index is 6.53. The van der Waals surface area contributed by atoms with Crippen LogP contribution in [0.1, 0.15) is 30.0 Å². The molecule has 2 aliphatic rings. The summed E-state index contributed by atoms with van der Waals surface area (Å²) in [6, 6.07) is 7.64. The van der Waals surface area contributed by atoms with E-state index in [-0.39, 0.29) is 6.04 Å². The molecule has 116 valence electrons. The minimum absolute atomic E-state index is 0.117. The Kier molecular flexibility index (Phi) is 4.20. The van der Waals surface area contributed by atoms with Gasteiger partial charge in [0.05, 0.1) is 7.11 Å². The third-order valence-corrected chi connectivity index (χ3v) is 5.25. The zero-order chi connectivity index (χ0) is 15.0. The second-order valence-electron chi connectivity index (χ2n) is 6.59. The average molecular weight is 289 g/mol. The van der Waals surface area contributed by atoms with E-state index in [1.54, 1.807) is 7.11 Å². The molecular formula is C17H27N3O. The Morgan fingerprint density at radius 3 is 2.57 bits per heavy atom. The van der Waals surface area contributed by atoms with Crippen LogP contribution >= 0.6 is 0 Å². The molecule has 1 saturated heterocycles. The fourth-order valence-electron chi connectivity index (χ4n) is 3.85. The van der Waals surface area contributed by atoms with Gasteiger partial charge in [0.15, 0.2) is 0 Å². The van der Waals surface area contributed by atoms with Gasteiger partial charge in [-0.1, -0.05) is 6.07 Å². The zero-order valence-corrected chi connectivity index (χ0v) is 13.4. The first-order valence-electron chi connectivity index (χ1n) is 7.93. The molecule has 1 aliphatic heterocycles. The molecule has 1 aliphatic carbocycles. The van der Waals surface area contributed by atoms with Crippen molar-refractivity contribution in [1.29, 1.82) is 0 Å². The number of nitrogens with two attached hydrogens (primary N) is 1. The number of methoxy groups -OCH3 is 1. The summed E-state index contributed by atoms with van der Waals surface area (Å²) in [6.07, 6.45) is 3.57. The van der Waals surface area contributed by atoms with Crippen molar-refractivity contribution < 1.29 is 4.74 Å². The first-order valence-corrected chi connectivity index (χ1v) is 7.93. The molecular weight excluding hydrogens is 262 g/mol. The van der Waals surface area contributed by atoms with Crippen LogP contribution in [0.15, 0.2) is 18.2 Å². The lowest BCUT2D eigenvalue weighted by atomic mass is 9.99. The van der Waals surface area contributed by atoms with E-state index in [1.165, 1.54) is 24.0 Å². The molecule has 0 bridgehead atoms. The van der Waals surface area contributed by atoms with Crippen molar-refractivity contribution in [2.24, 2.45) is 5.73 Å². The molecule has 0 amide bonds. The molecule has 21 heavy (non-hydrogen) atoms. The number of likely N-dealkylation sites (tertiary alicyclic amines) is 1. The SMILES string of the molecule is COc1ccc2c(c1)C(N)C(N1CCC(N(C)C)CC1)C2. The summed E-state index contributed by atoms with van der Waals surface area (Å²) in [5, 5.41) is 0. The molecule has 1 heterocycles. The topological polar surface area (TPSA) is 41.7 Å². The predicted molar refractivity (Wildman–Crippen MR) is 85.7 cm³/mol. The van der Waals surface area contributed by atoms with Gasteiger partial charge in [0.2, 0.25) is 0 Å². The summed E-state index contributed by atoms with van der Waals surface area (Å²) in [4.78, 5) is 4.95. The molecule has 1 aromatic carbocycles. The second kappa shape index (κ2) is 5.95. The number of nitrogens with zero attached hydrogens (tertiary/aromatic N) is 2. The van der Waals surface area contributed by atoms with Crippen molar-refractivity contribution in [2.45, 2.75) is 37.4 Å². The number of ether oxygens (including phenoxy) is 1. The molecule has 1 aromatic rings. The van der Waals surface area contributed by atoms with Crippen LogP contribution in [0.2, 0.25) is 0 Å². The molecule has 1 fully saturated rings. The highest BCUT2D eigenvalue weighted by atomic mass is 16.5. The van der Waals surface area contributed by atoms with Crippen molar-refractivity contribution in [3.05, 3.63) is 29.3 Å². The monoisotopic (exact) mass is 289 g/mol. The maximum absolute atomic E-state index is 6.53. The van der Waals surface area contributed by atoms with E-state index in [2.05, 4.69) is 36.0 Å². The number of hydrogen-bond donors (Lipinski definition) is 1. The summed E-state index contributed by atoms with van der Waals surface area (Å²) < 4.78 is 5.33. The molecule has 4 heteroatoms. The van der Waals surface area contributed by atoms with E-state index in [0.717, 1.165) is 31.3 Å². The Labute approximate surface area is 127 Å². The van der Waals surface area contributed by atoms with E-state index < -0.39 is 0 Å². The minimum Gasteiger partial charge on any atom is -0.497 e. The van der Waals surface area contributed by atoms with Crippen LogP contribution in [0.5, 0.6) is 5.75 Å². The Morgan fingerprint density at radius 2 is 1.95 bits per heavy atom. The Morgan fingerprint density at radius 1 is 1.24 bits per heavy atom. The smallest absolute Gasteiger partial charge is 0.119 e. The Hall–Kier alpha value is -1.10. The quantitative estimate of drug-likeness (QED) is 0.918. The first-order chi connectivity index (χ1) is 10.1. The minimum atomic E-state index is 0.117. The summed E-state index contributed by atoms with van der Waals surface area (Å²) in [5.74, 6) is 0.913. The molecule has 0 radical (unpaired) electrons. The Balaban J connectivity index is 1.69. The highest BCUT2D eigenvalue weighted by Gasteiger charge is 2.36. The van der Waals surface area contributed by atoms with E-state index in [4.69, 9.17) is 10.5 Å². The summed E-state index contributed by atoms with van der Waals surface area (Å²) >= 11 is 0. The van der Waals surface area contributed by atoms with E-state index in [1.807, 2.05) is 6.07 Å². The molecule has 4 nitrogen and oxygen atoms in total. The van der Waals surface area contributed by atoms with E-state index >= 15 is 0 Å². The average Bonchev–Trinajstić information content (AvgIpc) is 2.84. The van der Waals surface area contributed by atoms with Gasteiger partial charge < -0.3 is 15.4 Å². The van der Waals surface area contributed by atoms with Gasteiger partial charge in [-0.3, -0.25) is 4.90 Å². The largest absolute Gasteiger partial charge is 0.497 e. The zero-order valence-electron chi connectivity index (χ0n) is 13.4. The maximum Gasteiger partial charge on any atom is 0.119 e. The molecule has 0 aromatic heterocycles. The number of hydrogen-bond acceptors (Lipinski definition) is 4. The third kappa shape index (κ3) is 2.80. The predicted octanol–water partition coefficient (Wildman–Crippen LogP) is 1.65. The number of fused-ring (bicyclic) bond motifs is 1. The summed E-state index contributed by atoms with van der Waals surface area (Å²) in [5.41, 5.74) is 9.20. The Bertz CT molecular complexity index is 495. The van der Waals surface area contributed by atoms with Gasteiger partial charge in [0.25, 0.3) is 0 Å². The second-order valence-corrected chi connectivity index (χ2v) is 6.59. The standard InChI is InChI=1S/C17H27N3O/c1-19(2)13-6-8-20(9-7-13)16-10-12-4-5-14(21-3)11-15(12)17(16)18/h4-5,11,13,16-17H,6-10,18H2,1-3H3. The van der Waals surface area contributed by atoms with Crippen molar-refractivity contribution in [1.82, 2.24) is 9.80 Å². The number of rotatable bonds is 3. The van der Waals surface area contributed by atoms with Crippen LogP contribution in [0.4, 0.5) is 0 Å². The van der Waals surface area contributed by atoms with Crippen molar-refractivity contribution in [3.8, 4) is 5.75 Å². The highest BCUT2D eigenvalue weighted by molar-refractivity contribution is 5.42. The van der Waals surface area contributed by atoms with Gasteiger partial charge in [0, 0.05) is 31.2 Å². The first kappa shape index (κ1) is 14.8. The van der Waals surface area contributed by atoms with Gasteiger partial charge in [-0.2, -0.15) is 0 Å². The summed E-state index contributed by atoms with van der Waals surface area (Å²) in [7, 11) is 6.08. The normalized spacial score (nSPS) is 27.1. The summed E-state index contributed by atoms with van der Waals surface area (Å²) in [6.45, 7) is 2.32. The van der Waals surface area contributed by atoms with Crippen molar-refractivity contribution in [2.75, 3.05) is 34.3 Å². The van der Waals surface area contributed by atoms with E-state index in [0.29, 0.717) is 6.04 Å². The van der Waals surface area contributed by atoms with Crippen LogP contribution < -0.4 is 10.5 Å². The lowest BCUT2D eigenvalue weighted by Crippen LogP contribution is -2.48. The molecule has 2 atom stereocenters. The number of benzene rings is 1. The fourth-order valence-corrected chi connectivity index (χ4v) is 3.85. The molecule has 0 spiro atoms. The fraction of sp³-hybridized carbons (Fsp3) is 0.647. The number of piperidine rings is 1. The van der Waals surface area contributed by atoms with Gasteiger partial charge in [0.1, 0.15) is 5.75 Å².